The first-order valence-corrected chi connectivity index (χ1v) is 4.26. The van der Waals surface area contributed by atoms with Crippen LogP contribution in [-0.4, -0.2) is 55.9 Å². The summed E-state index contributed by atoms with van der Waals surface area (Å²) in [6.07, 6.45) is 0. The van der Waals surface area contributed by atoms with Crippen molar-refractivity contribution in [1.82, 2.24) is 4.72 Å². The monoisotopic (exact) mass is 193 g/mol. The van der Waals surface area contributed by atoms with E-state index in [1.165, 1.54) is 0 Å². The zero-order chi connectivity index (χ0) is 6.97. The molecule has 0 spiro atoms. The summed E-state index contributed by atoms with van der Waals surface area (Å²) in [5, 5.41) is 0. The maximum Gasteiger partial charge on any atom is 0.178 e. The first-order chi connectivity index (χ1) is 4.88. The van der Waals surface area contributed by atoms with Gasteiger partial charge in [-0.3, -0.25) is 0 Å². The van der Waals surface area contributed by atoms with E-state index in [4.69, 9.17) is 0 Å². The van der Waals surface area contributed by atoms with Crippen molar-refractivity contribution in [2.24, 2.45) is 0 Å². The Morgan fingerprint density at radius 3 is 2.82 bits per heavy atom. The van der Waals surface area contributed by atoms with Gasteiger partial charge in [0.05, 0.1) is 17.9 Å². The molecule has 0 aromatic heterocycles. The summed E-state index contributed by atoms with van der Waals surface area (Å²) >= 11 is -0.948. The molecule has 0 bridgehead atoms. The van der Waals surface area contributed by atoms with E-state index in [0.29, 0.717) is 0 Å². The molecule has 0 saturated carbocycles. The Labute approximate surface area is 111 Å². The average Bonchev–Trinajstić information content (AvgIpc) is 2.34. The SMILES string of the molecule is [KH].[O-][S+]1NCc2ccccc21. The van der Waals surface area contributed by atoms with Crippen LogP contribution in [0.4, 0.5) is 0 Å². The molecule has 1 aromatic rings. The summed E-state index contributed by atoms with van der Waals surface area (Å²) in [5.74, 6) is 0. The Bertz CT molecular complexity index is 256. The van der Waals surface area contributed by atoms with Crippen molar-refractivity contribution in [3.05, 3.63) is 29.8 Å². The van der Waals surface area contributed by atoms with Crippen LogP contribution in [0.1, 0.15) is 5.56 Å². The number of benzene rings is 1. The number of rotatable bonds is 0. The molecule has 0 fully saturated rings. The van der Waals surface area contributed by atoms with Crippen LogP contribution in [0.15, 0.2) is 29.2 Å². The van der Waals surface area contributed by atoms with Gasteiger partial charge in [-0.15, -0.1) is 4.72 Å². The van der Waals surface area contributed by atoms with Crippen LogP contribution in [0.2, 0.25) is 0 Å². The Kier molecular flexibility index (Phi) is 4.07. The van der Waals surface area contributed by atoms with Gasteiger partial charge in [0.1, 0.15) is 0 Å². The second-order valence-electron chi connectivity index (χ2n) is 2.20. The molecule has 1 aliphatic rings. The van der Waals surface area contributed by atoms with E-state index in [1.54, 1.807) is 0 Å². The third-order valence-corrected chi connectivity index (χ3v) is 2.77. The maximum atomic E-state index is 11.1. The molecule has 2 rings (SSSR count). The normalized spacial score (nSPS) is 20.6. The van der Waals surface area contributed by atoms with Gasteiger partial charge in [-0.05, 0) is 6.07 Å². The third-order valence-electron chi connectivity index (χ3n) is 1.57. The molecule has 54 valence electrons. The van der Waals surface area contributed by atoms with E-state index >= 15 is 0 Å². The minimum absolute atomic E-state index is 0. The van der Waals surface area contributed by atoms with Crippen molar-refractivity contribution < 1.29 is 4.55 Å². The fourth-order valence-corrected chi connectivity index (χ4v) is 2.07. The Hall–Kier alpha value is 1.13. The molecule has 0 radical (unpaired) electrons. The van der Waals surface area contributed by atoms with Gasteiger partial charge in [-0.1, -0.05) is 18.2 Å². The fraction of sp³-hybridized carbons (Fsp3) is 0.143. The van der Waals surface area contributed by atoms with Crippen LogP contribution in [0, 0.1) is 0 Å². The van der Waals surface area contributed by atoms with Crippen molar-refractivity contribution in [3.63, 3.8) is 0 Å². The Balaban J connectivity index is 0.000000605. The third kappa shape index (κ3) is 2.08. The molecular weight excluding hydrogens is 185 g/mol. The van der Waals surface area contributed by atoms with Gasteiger partial charge in [-0.25, -0.2) is 0 Å². The fourth-order valence-electron chi connectivity index (χ4n) is 1.05. The second kappa shape index (κ2) is 4.39. The largest absolute Gasteiger partial charge is 0.593 e. The van der Waals surface area contributed by atoms with Gasteiger partial charge in [0.15, 0.2) is 4.90 Å². The van der Waals surface area contributed by atoms with Crippen LogP contribution in [-0.2, 0) is 17.9 Å². The first-order valence-electron chi connectivity index (χ1n) is 3.11. The molecule has 1 heterocycles. The van der Waals surface area contributed by atoms with Crippen molar-refractivity contribution in [2.75, 3.05) is 0 Å². The summed E-state index contributed by atoms with van der Waals surface area (Å²) in [6.45, 7) is 0.739. The van der Waals surface area contributed by atoms with Crippen LogP contribution < -0.4 is 4.72 Å². The zero-order valence-corrected chi connectivity index (χ0v) is 6.15. The molecule has 1 unspecified atom stereocenters. The molecule has 1 N–H and O–H groups in total. The van der Waals surface area contributed by atoms with Crippen molar-refractivity contribution in [1.29, 1.82) is 0 Å². The van der Waals surface area contributed by atoms with E-state index in [1.807, 2.05) is 24.3 Å². The summed E-state index contributed by atoms with van der Waals surface area (Å²) in [4.78, 5) is 0.933. The van der Waals surface area contributed by atoms with Crippen molar-refractivity contribution in [2.45, 2.75) is 11.4 Å². The standard InChI is InChI=1S/C7H7NOS.K.H/c9-10-7-4-2-1-3-6(7)5-8-10;;/h1-4,8H,5H2;;. The van der Waals surface area contributed by atoms with E-state index in [0.717, 1.165) is 17.0 Å². The van der Waals surface area contributed by atoms with Crippen LogP contribution >= 0.6 is 0 Å². The molecule has 0 aliphatic carbocycles. The van der Waals surface area contributed by atoms with Crippen molar-refractivity contribution >= 4 is 62.7 Å². The van der Waals surface area contributed by atoms with E-state index in [2.05, 4.69) is 4.72 Å². The number of fused-ring (bicyclic) bond motifs is 1. The molecule has 2 nitrogen and oxygen atoms in total. The summed E-state index contributed by atoms with van der Waals surface area (Å²) in [6, 6.07) is 7.76. The predicted molar refractivity (Wildman–Crippen MR) is 46.8 cm³/mol. The van der Waals surface area contributed by atoms with Crippen LogP contribution in [0.25, 0.3) is 0 Å². The molecule has 0 saturated heterocycles. The zero-order valence-electron chi connectivity index (χ0n) is 5.33. The summed E-state index contributed by atoms with van der Waals surface area (Å²) in [5.41, 5.74) is 1.15. The molecular formula is C7H8KNOS. The minimum Gasteiger partial charge on any atom is -0.593 e. The molecule has 0 amide bonds. The predicted octanol–water partition coefficient (Wildman–Crippen LogP) is 0.164. The summed E-state index contributed by atoms with van der Waals surface area (Å²) < 4.78 is 13.9. The van der Waals surface area contributed by atoms with Gasteiger partial charge in [0, 0.05) is 5.56 Å². The van der Waals surface area contributed by atoms with Crippen LogP contribution in [0.3, 0.4) is 0 Å². The Morgan fingerprint density at radius 1 is 1.36 bits per heavy atom. The number of nitrogens with one attached hydrogen (secondary N) is 1. The molecule has 11 heavy (non-hydrogen) atoms. The maximum absolute atomic E-state index is 11.1. The quantitative estimate of drug-likeness (QED) is 0.471. The van der Waals surface area contributed by atoms with Crippen molar-refractivity contribution in [3.8, 4) is 0 Å². The Morgan fingerprint density at radius 2 is 2.09 bits per heavy atom. The smallest absolute Gasteiger partial charge is 0.178 e. The van der Waals surface area contributed by atoms with E-state index in [-0.39, 0.29) is 51.4 Å². The van der Waals surface area contributed by atoms with E-state index < -0.39 is 11.4 Å². The molecule has 1 aliphatic heterocycles. The van der Waals surface area contributed by atoms with Crippen LogP contribution in [0.5, 0.6) is 0 Å². The van der Waals surface area contributed by atoms with E-state index in [9.17, 15) is 4.55 Å². The van der Waals surface area contributed by atoms with Gasteiger partial charge in [-0.2, -0.15) is 0 Å². The number of hydrogen-bond donors (Lipinski definition) is 1. The summed E-state index contributed by atoms with van der Waals surface area (Å²) in [7, 11) is 0. The molecule has 1 aromatic carbocycles. The molecule has 1 atom stereocenters. The minimum atomic E-state index is -0.948. The first kappa shape index (κ1) is 10.2. The van der Waals surface area contributed by atoms with Gasteiger partial charge in [0.25, 0.3) is 0 Å². The molecule has 4 heteroatoms. The second-order valence-corrected chi connectivity index (χ2v) is 3.46. The van der Waals surface area contributed by atoms with Gasteiger partial charge >= 0.3 is 51.4 Å². The number of hydrogen-bond acceptors (Lipinski definition) is 2. The topological polar surface area (TPSA) is 35.1 Å². The van der Waals surface area contributed by atoms with Gasteiger partial charge in [0.2, 0.25) is 0 Å². The average molecular weight is 193 g/mol. The van der Waals surface area contributed by atoms with Gasteiger partial charge < -0.3 is 4.55 Å².